The molecule has 0 radical (unpaired) electrons. The second-order valence-electron chi connectivity index (χ2n) is 3.74. The van der Waals surface area contributed by atoms with Gasteiger partial charge in [0.2, 0.25) is 0 Å². The molecule has 0 bridgehead atoms. The molecule has 0 aliphatic rings. The van der Waals surface area contributed by atoms with Gasteiger partial charge in [0.25, 0.3) is 0 Å². The lowest BCUT2D eigenvalue weighted by atomic mass is 9.95. The number of rotatable bonds is 4. The Balaban J connectivity index is 3.01. The van der Waals surface area contributed by atoms with E-state index >= 15 is 0 Å². The Bertz CT molecular complexity index is 347. The van der Waals surface area contributed by atoms with Gasteiger partial charge in [-0.05, 0) is 30.4 Å². The van der Waals surface area contributed by atoms with Gasteiger partial charge in [0, 0.05) is 0 Å². The van der Waals surface area contributed by atoms with Crippen molar-refractivity contribution in [1.82, 2.24) is 9.97 Å². The van der Waals surface area contributed by atoms with Crippen molar-refractivity contribution in [1.29, 1.82) is 0 Å². The van der Waals surface area contributed by atoms with Gasteiger partial charge in [-0.2, -0.15) is 0 Å². The second kappa shape index (κ2) is 4.27. The van der Waals surface area contributed by atoms with Crippen LogP contribution in [-0.4, -0.2) is 9.97 Å². The van der Waals surface area contributed by atoms with Crippen LogP contribution in [0.4, 0.5) is 0 Å². The fourth-order valence-corrected chi connectivity index (χ4v) is 1.36. The molecule has 0 saturated heterocycles. The zero-order valence-electron chi connectivity index (χ0n) is 9.22. The maximum atomic E-state index is 4.24. The summed E-state index contributed by atoms with van der Waals surface area (Å²) in [7, 11) is 0. The van der Waals surface area contributed by atoms with Crippen LogP contribution in [0.25, 0.3) is 11.1 Å². The maximum absolute atomic E-state index is 4.24. The third-order valence-electron chi connectivity index (χ3n) is 2.57. The summed E-state index contributed by atoms with van der Waals surface area (Å²) in [6, 6.07) is 0. The topological polar surface area (TPSA) is 28.7 Å². The van der Waals surface area contributed by atoms with Crippen LogP contribution in [0, 0.1) is 5.92 Å². The van der Waals surface area contributed by atoms with E-state index < -0.39 is 0 Å². The van der Waals surface area contributed by atoms with Crippen molar-refractivity contribution in [3.8, 4) is 0 Å². The number of nitrogens with one attached hydrogen (secondary N) is 1. The van der Waals surface area contributed by atoms with Gasteiger partial charge in [-0.15, -0.1) is 0 Å². The van der Waals surface area contributed by atoms with Crippen molar-refractivity contribution in [3.05, 3.63) is 30.9 Å². The SMILES string of the molecule is C=C(C)c1nc[nH]c1C(=C)C(C)CC. The van der Waals surface area contributed by atoms with Crippen LogP contribution in [-0.2, 0) is 0 Å². The molecule has 1 atom stereocenters. The lowest BCUT2D eigenvalue weighted by Gasteiger charge is -2.12. The molecule has 0 fully saturated rings. The highest BCUT2D eigenvalue weighted by atomic mass is 14.9. The molecule has 2 nitrogen and oxygen atoms in total. The van der Waals surface area contributed by atoms with E-state index in [-0.39, 0.29) is 0 Å². The summed E-state index contributed by atoms with van der Waals surface area (Å²) >= 11 is 0. The summed E-state index contributed by atoms with van der Waals surface area (Å²) in [4.78, 5) is 7.37. The molecular weight excluding hydrogens is 172 g/mol. The maximum Gasteiger partial charge on any atom is 0.0932 e. The zero-order valence-corrected chi connectivity index (χ0v) is 9.22. The van der Waals surface area contributed by atoms with Gasteiger partial charge in [-0.3, -0.25) is 0 Å². The standard InChI is InChI=1S/C12H18N2/c1-6-9(4)10(5)12-11(8(2)3)13-7-14-12/h7,9H,2,5-6H2,1,3-4H3,(H,13,14). The van der Waals surface area contributed by atoms with Crippen LogP contribution in [0.5, 0.6) is 0 Å². The first-order valence-electron chi connectivity index (χ1n) is 4.96. The molecule has 0 aromatic carbocycles. The normalized spacial score (nSPS) is 12.5. The molecule has 0 aliphatic carbocycles. The number of nitrogens with zero attached hydrogens (tertiary/aromatic N) is 1. The Labute approximate surface area is 85.8 Å². The average Bonchev–Trinajstić information content (AvgIpc) is 2.63. The van der Waals surface area contributed by atoms with Gasteiger partial charge in [0.1, 0.15) is 0 Å². The second-order valence-corrected chi connectivity index (χ2v) is 3.74. The van der Waals surface area contributed by atoms with Crippen LogP contribution in [0.15, 0.2) is 19.5 Å². The molecule has 1 unspecified atom stereocenters. The van der Waals surface area contributed by atoms with Crippen molar-refractivity contribution in [2.24, 2.45) is 5.92 Å². The fraction of sp³-hybridized carbons (Fsp3) is 0.417. The van der Waals surface area contributed by atoms with E-state index in [1.165, 1.54) is 0 Å². The number of hydrogen-bond donors (Lipinski definition) is 1. The molecule has 0 saturated carbocycles. The van der Waals surface area contributed by atoms with Crippen molar-refractivity contribution < 1.29 is 0 Å². The smallest absolute Gasteiger partial charge is 0.0932 e. The summed E-state index contributed by atoms with van der Waals surface area (Å²) in [6.45, 7) is 14.3. The van der Waals surface area contributed by atoms with E-state index in [9.17, 15) is 0 Å². The number of allylic oxidation sites excluding steroid dienone is 2. The van der Waals surface area contributed by atoms with Crippen molar-refractivity contribution in [2.45, 2.75) is 27.2 Å². The van der Waals surface area contributed by atoms with Crippen LogP contribution in [0.1, 0.15) is 38.6 Å². The first-order valence-corrected chi connectivity index (χ1v) is 4.96. The van der Waals surface area contributed by atoms with E-state index in [1.54, 1.807) is 6.33 Å². The van der Waals surface area contributed by atoms with Crippen LogP contribution < -0.4 is 0 Å². The van der Waals surface area contributed by atoms with E-state index in [4.69, 9.17) is 0 Å². The summed E-state index contributed by atoms with van der Waals surface area (Å²) in [5.41, 5.74) is 4.07. The van der Waals surface area contributed by atoms with Crippen LogP contribution >= 0.6 is 0 Å². The monoisotopic (exact) mass is 190 g/mol. The molecule has 1 rings (SSSR count). The zero-order chi connectivity index (χ0) is 10.7. The highest BCUT2D eigenvalue weighted by Gasteiger charge is 2.13. The molecule has 0 spiro atoms. The first kappa shape index (κ1) is 10.8. The Morgan fingerprint density at radius 3 is 2.71 bits per heavy atom. The van der Waals surface area contributed by atoms with Gasteiger partial charge in [0.05, 0.1) is 17.7 Å². The van der Waals surface area contributed by atoms with Crippen molar-refractivity contribution in [3.63, 3.8) is 0 Å². The minimum Gasteiger partial charge on any atom is -0.344 e. The molecule has 1 aromatic heterocycles. The summed E-state index contributed by atoms with van der Waals surface area (Å²) in [5, 5.41) is 0. The molecule has 0 aliphatic heterocycles. The Morgan fingerprint density at radius 2 is 2.21 bits per heavy atom. The van der Waals surface area contributed by atoms with E-state index in [0.717, 1.165) is 29.0 Å². The molecule has 2 heteroatoms. The van der Waals surface area contributed by atoms with Gasteiger partial charge in [-0.25, -0.2) is 4.98 Å². The van der Waals surface area contributed by atoms with Crippen molar-refractivity contribution in [2.75, 3.05) is 0 Å². The number of imidazole rings is 1. The molecule has 1 N–H and O–H groups in total. The van der Waals surface area contributed by atoms with Crippen LogP contribution in [0.3, 0.4) is 0 Å². The Morgan fingerprint density at radius 1 is 1.57 bits per heavy atom. The van der Waals surface area contributed by atoms with Gasteiger partial charge >= 0.3 is 0 Å². The third kappa shape index (κ3) is 1.95. The van der Waals surface area contributed by atoms with Crippen LogP contribution in [0.2, 0.25) is 0 Å². The van der Waals surface area contributed by atoms with E-state index in [0.29, 0.717) is 5.92 Å². The predicted molar refractivity (Wildman–Crippen MR) is 61.8 cm³/mol. The Kier molecular flexibility index (Phi) is 3.28. The lowest BCUT2D eigenvalue weighted by Crippen LogP contribution is -1.98. The van der Waals surface area contributed by atoms with E-state index in [2.05, 4.69) is 37.0 Å². The molecule has 1 heterocycles. The summed E-state index contributed by atoms with van der Waals surface area (Å²) in [6.07, 6.45) is 2.79. The molecule has 0 amide bonds. The van der Waals surface area contributed by atoms with E-state index in [1.807, 2.05) is 6.92 Å². The first-order chi connectivity index (χ1) is 6.57. The third-order valence-corrected chi connectivity index (χ3v) is 2.57. The Hall–Kier alpha value is -1.31. The summed E-state index contributed by atoms with van der Waals surface area (Å²) in [5.74, 6) is 0.480. The summed E-state index contributed by atoms with van der Waals surface area (Å²) < 4.78 is 0. The highest BCUT2D eigenvalue weighted by molar-refractivity contribution is 5.73. The predicted octanol–water partition coefficient (Wildman–Crippen LogP) is 3.50. The molecule has 14 heavy (non-hydrogen) atoms. The molecule has 76 valence electrons. The van der Waals surface area contributed by atoms with Crippen molar-refractivity contribution >= 4 is 11.1 Å². The highest BCUT2D eigenvalue weighted by Crippen LogP contribution is 2.26. The minimum absolute atomic E-state index is 0.480. The minimum atomic E-state index is 0.480. The fourth-order valence-electron chi connectivity index (χ4n) is 1.36. The molecular formula is C12H18N2. The number of aromatic amines is 1. The van der Waals surface area contributed by atoms with Gasteiger partial charge < -0.3 is 4.98 Å². The molecule has 1 aromatic rings. The lowest BCUT2D eigenvalue weighted by molar-refractivity contribution is 0.716. The quantitative estimate of drug-likeness (QED) is 0.773. The number of hydrogen-bond acceptors (Lipinski definition) is 1. The number of aromatic nitrogens is 2. The van der Waals surface area contributed by atoms with Gasteiger partial charge in [-0.1, -0.05) is 27.0 Å². The number of H-pyrrole nitrogens is 1. The largest absolute Gasteiger partial charge is 0.344 e. The van der Waals surface area contributed by atoms with Gasteiger partial charge in [0.15, 0.2) is 0 Å². The average molecular weight is 190 g/mol.